The Balaban J connectivity index is 1.97. The monoisotopic (exact) mass is 267 g/mol. The fraction of sp³-hybridized carbons (Fsp3) is 1.00. The van der Waals surface area contributed by atoms with Gasteiger partial charge in [0, 0.05) is 5.54 Å². The maximum atomic E-state index is 10.9. The molecule has 1 N–H and O–H groups in total. The minimum atomic E-state index is -0.153. The maximum absolute atomic E-state index is 10.9. The summed E-state index contributed by atoms with van der Waals surface area (Å²) < 4.78 is 0. The zero-order valence-electron chi connectivity index (χ0n) is 13.2. The largest absolute Gasteiger partial charge is 0.391 e. The first-order valence-electron chi connectivity index (χ1n) is 8.48. The molecule has 3 atom stereocenters. The molecule has 2 rings (SSSR count). The zero-order valence-corrected chi connectivity index (χ0v) is 13.2. The molecule has 2 aliphatic rings. The Morgan fingerprint density at radius 2 is 1.79 bits per heavy atom. The van der Waals surface area contributed by atoms with Crippen LogP contribution in [-0.2, 0) is 0 Å². The van der Waals surface area contributed by atoms with Crippen LogP contribution >= 0.6 is 0 Å². The van der Waals surface area contributed by atoms with E-state index in [2.05, 4.69) is 25.7 Å². The molecule has 1 saturated carbocycles. The lowest BCUT2D eigenvalue weighted by atomic mass is 9.73. The Kier molecular flexibility index (Phi) is 5.30. The quantitative estimate of drug-likeness (QED) is 0.837. The first kappa shape index (κ1) is 15.3. The number of nitrogens with zero attached hydrogens (tertiary/aromatic N) is 1. The van der Waals surface area contributed by atoms with Crippen LogP contribution in [0.1, 0.15) is 72.1 Å². The van der Waals surface area contributed by atoms with Gasteiger partial charge in [0.1, 0.15) is 0 Å². The molecule has 3 unspecified atom stereocenters. The molecule has 1 heterocycles. The number of aliphatic hydroxyl groups excluding tert-OH is 1. The Hall–Kier alpha value is -0.0800. The first-order chi connectivity index (χ1) is 9.05. The molecule has 2 nitrogen and oxygen atoms in total. The highest BCUT2D eigenvalue weighted by molar-refractivity contribution is 4.94. The van der Waals surface area contributed by atoms with Crippen molar-refractivity contribution in [3.63, 3.8) is 0 Å². The van der Waals surface area contributed by atoms with Gasteiger partial charge in [-0.05, 0) is 64.5 Å². The van der Waals surface area contributed by atoms with Crippen LogP contribution in [0, 0.1) is 11.8 Å². The van der Waals surface area contributed by atoms with E-state index in [1.54, 1.807) is 0 Å². The van der Waals surface area contributed by atoms with E-state index >= 15 is 0 Å². The lowest BCUT2D eigenvalue weighted by Crippen LogP contribution is -2.56. The van der Waals surface area contributed by atoms with Gasteiger partial charge in [0.2, 0.25) is 0 Å². The molecule has 0 bridgehead atoms. The molecule has 1 aliphatic heterocycles. The van der Waals surface area contributed by atoms with Crippen molar-refractivity contribution in [2.75, 3.05) is 13.1 Å². The fourth-order valence-electron chi connectivity index (χ4n) is 4.22. The standard InChI is InChI=1S/C17H33NO/c1-4-14-9-8-10-15(13-14)16(19)17(2,3)18-11-6-5-7-12-18/h14-16,19H,4-13H2,1-3H3. The van der Waals surface area contributed by atoms with Gasteiger partial charge < -0.3 is 5.11 Å². The van der Waals surface area contributed by atoms with Crippen molar-refractivity contribution in [1.29, 1.82) is 0 Å². The van der Waals surface area contributed by atoms with Crippen LogP contribution in [-0.4, -0.2) is 34.7 Å². The van der Waals surface area contributed by atoms with Gasteiger partial charge in [-0.1, -0.05) is 32.6 Å². The SMILES string of the molecule is CCC1CCCC(C(O)C(C)(C)N2CCCCC2)C1. The van der Waals surface area contributed by atoms with Gasteiger partial charge in [-0.3, -0.25) is 4.90 Å². The van der Waals surface area contributed by atoms with Crippen LogP contribution in [0.2, 0.25) is 0 Å². The summed E-state index contributed by atoms with van der Waals surface area (Å²) in [6.45, 7) is 9.17. The Labute approximate surface area is 119 Å². The Morgan fingerprint density at radius 1 is 1.11 bits per heavy atom. The molecular formula is C17H33NO. The van der Waals surface area contributed by atoms with Gasteiger partial charge in [-0.15, -0.1) is 0 Å². The van der Waals surface area contributed by atoms with Crippen molar-refractivity contribution in [1.82, 2.24) is 4.90 Å². The highest BCUT2D eigenvalue weighted by atomic mass is 16.3. The van der Waals surface area contributed by atoms with Crippen LogP contribution in [0.25, 0.3) is 0 Å². The average Bonchev–Trinajstić information content (AvgIpc) is 2.47. The lowest BCUT2D eigenvalue weighted by molar-refractivity contribution is -0.0617. The molecule has 19 heavy (non-hydrogen) atoms. The summed E-state index contributed by atoms with van der Waals surface area (Å²) in [5.41, 5.74) is -0.0410. The van der Waals surface area contributed by atoms with E-state index in [1.165, 1.54) is 64.5 Å². The number of aliphatic hydroxyl groups is 1. The third-order valence-electron chi connectivity index (χ3n) is 5.74. The second-order valence-corrected chi connectivity index (χ2v) is 7.35. The van der Waals surface area contributed by atoms with Crippen molar-refractivity contribution in [2.45, 2.75) is 83.8 Å². The smallest absolute Gasteiger partial charge is 0.0746 e. The van der Waals surface area contributed by atoms with Crippen molar-refractivity contribution in [2.24, 2.45) is 11.8 Å². The predicted octanol–water partition coefficient (Wildman–Crippen LogP) is 3.83. The van der Waals surface area contributed by atoms with E-state index in [-0.39, 0.29) is 11.6 Å². The molecule has 0 aromatic heterocycles. The number of hydrogen-bond acceptors (Lipinski definition) is 2. The average molecular weight is 267 g/mol. The second-order valence-electron chi connectivity index (χ2n) is 7.35. The van der Waals surface area contributed by atoms with Crippen molar-refractivity contribution >= 4 is 0 Å². The van der Waals surface area contributed by atoms with Crippen LogP contribution in [0.4, 0.5) is 0 Å². The molecule has 2 heteroatoms. The van der Waals surface area contributed by atoms with Crippen molar-refractivity contribution in [3.05, 3.63) is 0 Å². The molecule has 0 radical (unpaired) electrons. The van der Waals surface area contributed by atoms with E-state index in [9.17, 15) is 5.11 Å². The lowest BCUT2D eigenvalue weighted by Gasteiger charge is -2.47. The van der Waals surface area contributed by atoms with Crippen molar-refractivity contribution in [3.8, 4) is 0 Å². The summed E-state index contributed by atoms with van der Waals surface area (Å²) in [6.07, 6.45) is 10.3. The van der Waals surface area contributed by atoms with E-state index < -0.39 is 0 Å². The van der Waals surface area contributed by atoms with E-state index in [4.69, 9.17) is 0 Å². The van der Waals surface area contributed by atoms with Gasteiger partial charge >= 0.3 is 0 Å². The van der Waals surface area contributed by atoms with E-state index in [0.29, 0.717) is 5.92 Å². The third-order valence-corrected chi connectivity index (χ3v) is 5.74. The first-order valence-corrected chi connectivity index (χ1v) is 8.48. The Morgan fingerprint density at radius 3 is 2.42 bits per heavy atom. The van der Waals surface area contributed by atoms with E-state index in [1.807, 2.05) is 0 Å². The summed E-state index contributed by atoms with van der Waals surface area (Å²) in [7, 11) is 0. The predicted molar refractivity (Wildman–Crippen MR) is 81.2 cm³/mol. The third kappa shape index (κ3) is 3.52. The molecule has 1 aliphatic carbocycles. The molecule has 1 saturated heterocycles. The molecule has 0 spiro atoms. The number of hydrogen-bond donors (Lipinski definition) is 1. The van der Waals surface area contributed by atoms with E-state index in [0.717, 1.165) is 5.92 Å². The minimum Gasteiger partial charge on any atom is -0.391 e. The van der Waals surface area contributed by atoms with Crippen LogP contribution in [0.3, 0.4) is 0 Å². The summed E-state index contributed by atoms with van der Waals surface area (Å²) >= 11 is 0. The van der Waals surface area contributed by atoms with Crippen LogP contribution < -0.4 is 0 Å². The zero-order chi connectivity index (χ0) is 13.9. The number of rotatable bonds is 4. The molecule has 0 aromatic rings. The number of likely N-dealkylation sites (tertiary alicyclic amines) is 1. The molecule has 0 amide bonds. The maximum Gasteiger partial charge on any atom is 0.0746 e. The molecule has 112 valence electrons. The topological polar surface area (TPSA) is 23.5 Å². The summed E-state index contributed by atoms with van der Waals surface area (Å²) in [6, 6.07) is 0. The molecular weight excluding hydrogens is 234 g/mol. The molecule has 2 fully saturated rings. The summed E-state index contributed by atoms with van der Waals surface area (Å²) in [4.78, 5) is 2.54. The van der Waals surface area contributed by atoms with Gasteiger partial charge in [0.05, 0.1) is 6.10 Å². The van der Waals surface area contributed by atoms with Crippen LogP contribution in [0.15, 0.2) is 0 Å². The van der Waals surface area contributed by atoms with Gasteiger partial charge in [-0.25, -0.2) is 0 Å². The number of piperidine rings is 1. The van der Waals surface area contributed by atoms with Crippen molar-refractivity contribution < 1.29 is 5.11 Å². The van der Waals surface area contributed by atoms with Gasteiger partial charge in [-0.2, -0.15) is 0 Å². The molecule has 0 aromatic carbocycles. The van der Waals surface area contributed by atoms with Crippen LogP contribution in [0.5, 0.6) is 0 Å². The summed E-state index contributed by atoms with van der Waals surface area (Å²) in [5.74, 6) is 1.38. The highest BCUT2D eigenvalue weighted by Gasteiger charge is 2.40. The Bertz CT molecular complexity index is 270. The normalized spacial score (nSPS) is 32.2. The summed E-state index contributed by atoms with van der Waals surface area (Å²) in [5, 5.41) is 10.9. The second kappa shape index (κ2) is 6.58. The fourth-order valence-corrected chi connectivity index (χ4v) is 4.22. The van der Waals surface area contributed by atoms with Gasteiger partial charge in [0.25, 0.3) is 0 Å². The highest BCUT2D eigenvalue weighted by Crippen LogP contribution is 2.38. The van der Waals surface area contributed by atoms with Gasteiger partial charge in [0.15, 0.2) is 0 Å². The minimum absolute atomic E-state index is 0.0410.